The van der Waals surface area contributed by atoms with Crippen molar-refractivity contribution in [3.05, 3.63) is 30.2 Å². The van der Waals surface area contributed by atoms with Crippen molar-refractivity contribution in [1.82, 2.24) is 9.97 Å². The summed E-state index contributed by atoms with van der Waals surface area (Å²) >= 11 is 0. The summed E-state index contributed by atoms with van der Waals surface area (Å²) in [6.45, 7) is 2.17. The number of Topliss-reactive ketones (excluding diaryl/α,β-unsaturated/α-hetero) is 1. The van der Waals surface area contributed by atoms with Crippen LogP contribution in [-0.4, -0.2) is 15.8 Å². The average Bonchev–Trinajstić information content (AvgIpc) is 2.78. The number of carbonyl (C=O) groups is 1. The van der Waals surface area contributed by atoms with Crippen LogP contribution in [0, 0.1) is 0 Å². The van der Waals surface area contributed by atoms with Crippen LogP contribution in [-0.2, 0) is 0 Å². The van der Waals surface area contributed by atoms with Gasteiger partial charge in [-0.2, -0.15) is 0 Å². The molecule has 2 rings (SSSR count). The highest BCUT2D eigenvalue weighted by Crippen LogP contribution is 2.19. The molecule has 0 bridgehead atoms. The molecule has 0 unspecified atom stereocenters. The first-order valence-electron chi connectivity index (χ1n) is 6.27. The van der Waals surface area contributed by atoms with Crippen molar-refractivity contribution in [2.75, 3.05) is 0 Å². The molecule has 0 saturated carbocycles. The first kappa shape index (κ1) is 11.8. The monoisotopic (exact) mass is 230 g/mol. The molecule has 0 fully saturated rings. The van der Waals surface area contributed by atoms with Crippen LogP contribution in [0.5, 0.6) is 0 Å². The van der Waals surface area contributed by atoms with Crippen molar-refractivity contribution in [3.8, 4) is 0 Å². The Balaban J connectivity index is 2.04. The van der Waals surface area contributed by atoms with Gasteiger partial charge in [0.1, 0.15) is 0 Å². The third-order valence-electron chi connectivity index (χ3n) is 3.04. The van der Waals surface area contributed by atoms with Gasteiger partial charge < -0.3 is 4.98 Å². The van der Waals surface area contributed by atoms with Crippen LogP contribution in [0.25, 0.3) is 10.9 Å². The highest BCUT2D eigenvalue weighted by Gasteiger charge is 2.11. The van der Waals surface area contributed by atoms with E-state index in [1.54, 1.807) is 18.6 Å². The predicted molar refractivity (Wildman–Crippen MR) is 69.2 cm³/mol. The van der Waals surface area contributed by atoms with Gasteiger partial charge in [-0.1, -0.05) is 26.2 Å². The van der Waals surface area contributed by atoms with Crippen LogP contribution in [0.15, 0.2) is 24.7 Å². The molecule has 3 heteroatoms. The van der Waals surface area contributed by atoms with E-state index in [-0.39, 0.29) is 5.78 Å². The number of nitrogens with zero attached hydrogens (tertiary/aromatic N) is 1. The second-order valence-corrected chi connectivity index (χ2v) is 4.36. The van der Waals surface area contributed by atoms with Gasteiger partial charge in [0.05, 0.1) is 0 Å². The normalized spacial score (nSPS) is 10.9. The van der Waals surface area contributed by atoms with Crippen molar-refractivity contribution in [1.29, 1.82) is 0 Å². The average molecular weight is 230 g/mol. The fraction of sp³-hybridized carbons (Fsp3) is 0.429. The zero-order valence-electron chi connectivity index (χ0n) is 10.2. The van der Waals surface area contributed by atoms with E-state index in [4.69, 9.17) is 0 Å². The Kier molecular flexibility index (Phi) is 3.91. The molecule has 0 saturated heterocycles. The van der Waals surface area contributed by atoms with Crippen molar-refractivity contribution < 1.29 is 4.79 Å². The molecule has 17 heavy (non-hydrogen) atoms. The van der Waals surface area contributed by atoms with Gasteiger partial charge in [0.15, 0.2) is 5.78 Å². The van der Waals surface area contributed by atoms with Crippen LogP contribution in [0.3, 0.4) is 0 Å². The number of unbranched alkanes of at least 4 members (excludes halogenated alkanes) is 3. The highest BCUT2D eigenvalue weighted by molar-refractivity contribution is 6.07. The van der Waals surface area contributed by atoms with E-state index in [1.807, 2.05) is 6.07 Å². The first-order chi connectivity index (χ1) is 8.33. The van der Waals surface area contributed by atoms with Gasteiger partial charge in [0.2, 0.25) is 0 Å². The zero-order valence-corrected chi connectivity index (χ0v) is 10.2. The number of aromatic amines is 1. The molecule has 0 spiro atoms. The quantitative estimate of drug-likeness (QED) is 0.607. The van der Waals surface area contributed by atoms with Gasteiger partial charge in [-0.05, 0) is 12.5 Å². The SMILES string of the molecule is CCCCCCC(=O)c1c[nH]c2ccncc12. The van der Waals surface area contributed by atoms with Crippen molar-refractivity contribution in [2.45, 2.75) is 39.0 Å². The molecular formula is C14H18N2O. The van der Waals surface area contributed by atoms with Crippen molar-refractivity contribution in [2.24, 2.45) is 0 Å². The Labute approximate surface area is 101 Å². The number of rotatable bonds is 6. The van der Waals surface area contributed by atoms with Gasteiger partial charge >= 0.3 is 0 Å². The number of hydrogen-bond donors (Lipinski definition) is 1. The molecule has 0 atom stereocenters. The van der Waals surface area contributed by atoms with E-state index >= 15 is 0 Å². The predicted octanol–water partition coefficient (Wildman–Crippen LogP) is 3.72. The van der Waals surface area contributed by atoms with Gasteiger partial charge in [-0.15, -0.1) is 0 Å². The fourth-order valence-corrected chi connectivity index (χ4v) is 2.04. The number of hydrogen-bond acceptors (Lipinski definition) is 2. The fourth-order valence-electron chi connectivity index (χ4n) is 2.04. The summed E-state index contributed by atoms with van der Waals surface area (Å²) in [7, 11) is 0. The number of aromatic nitrogens is 2. The molecule has 90 valence electrons. The van der Waals surface area contributed by atoms with Gasteiger partial charge in [-0.25, -0.2) is 0 Å². The number of H-pyrrole nitrogens is 1. The van der Waals surface area contributed by atoms with Crippen LogP contribution in [0.4, 0.5) is 0 Å². The number of carbonyl (C=O) groups excluding carboxylic acids is 1. The summed E-state index contributed by atoms with van der Waals surface area (Å²) in [5.41, 5.74) is 1.77. The van der Waals surface area contributed by atoms with Crippen LogP contribution in [0.1, 0.15) is 49.4 Å². The molecule has 0 aliphatic carbocycles. The van der Waals surface area contributed by atoms with Crippen molar-refractivity contribution >= 4 is 16.7 Å². The lowest BCUT2D eigenvalue weighted by Gasteiger charge is -1.99. The largest absolute Gasteiger partial charge is 0.360 e. The molecule has 2 heterocycles. The number of ketones is 1. The first-order valence-corrected chi connectivity index (χ1v) is 6.27. The summed E-state index contributed by atoms with van der Waals surface area (Å²) < 4.78 is 0. The molecule has 0 aliphatic heterocycles. The second-order valence-electron chi connectivity index (χ2n) is 4.36. The molecule has 0 aromatic carbocycles. The smallest absolute Gasteiger partial charge is 0.165 e. The third kappa shape index (κ3) is 2.73. The number of fused-ring (bicyclic) bond motifs is 1. The molecular weight excluding hydrogens is 212 g/mol. The summed E-state index contributed by atoms with van der Waals surface area (Å²) in [5, 5.41) is 0.938. The Hall–Kier alpha value is -1.64. The standard InChI is InChI=1S/C14H18N2O/c1-2-3-4-5-6-14(17)12-10-16-13-7-8-15-9-11(12)13/h7-10,16H,2-6H2,1H3. The van der Waals surface area contributed by atoms with Crippen molar-refractivity contribution in [3.63, 3.8) is 0 Å². The second kappa shape index (κ2) is 5.62. The highest BCUT2D eigenvalue weighted by atomic mass is 16.1. The van der Waals surface area contributed by atoms with E-state index in [9.17, 15) is 4.79 Å². The maximum absolute atomic E-state index is 12.0. The van der Waals surface area contributed by atoms with E-state index in [0.29, 0.717) is 6.42 Å². The molecule has 2 aromatic heterocycles. The van der Waals surface area contributed by atoms with E-state index < -0.39 is 0 Å². The minimum atomic E-state index is 0.223. The zero-order chi connectivity index (χ0) is 12.1. The third-order valence-corrected chi connectivity index (χ3v) is 3.04. The lowest BCUT2D eigenvalue weighted by Crippen LogP contribution is -1.97. The number of pyridine rings is 1. The molecule has 0 aliphatic rings. The van der Waals surface area contributed by atoms with E-state index in [0.717, 1.165) is 29.3 Å². The minimum absolute atomic E-state index is 0.223. The number of nitrogens with one attached hydrogen (secondary N) is 1. The Morgan fingerprint density at radius 2 is 2.24 bits per heavy atom. The Morgan fingerprint density at radius 1 is 1.35 bits per heavy atom. The summed E-state index contributed by atoms with van der Waals surface area (Å²) in [5.74, 6) is 0.223. The lowest BCUT2D eigenvalue weighted by atomic mass is 10.0. The van der Waals surface area contributed by atoms with E-state index in [1.165, 1.54) is 12.8 Å². The Morgan fingerprint density at radius 3 is 3.06 bits per heavy atom. The minimum Gasteiger partial charge on any atom is -0.360 e. The van der Waals surface area contributed by atoms with Crippen LogP contribution >= 0.6 is 0 Å². The van der Waals surface area contributed by atoms with Crippen LogP contribution < -0.4 is 0 Å². The summed E-state index contributed by atoms with van der Waals surface area (Å²) in [6.07, 6.45) is 10.5. The van der Waals surface area contributed by atoms with Gasteiger partial charge in [0.25, 0.3) is 0 Å². The lowest BCUT2D eigenvalue weighted by molar-refractivity contribution is 0.0981. The Bertz CT molecular complexity index is 502. The van der Waals surface area contributed by atoms with E-state index in [2.05, 4.69) is 16.9 Å². The maximum atomic E-state index is 12.0. The molecule has 0 radical (unpaired) electrons. The van der Waals surface area contributed by atoms with Gasteiger partial charge in [0, 0.05) is 41.5 Å². The topological polar surface area (TPSA) is 45.8 Å². The van der Waals surface area contributed by atoms with Gasteiger partial charge in [-0.3, -0.25) is 9.78 Å². The molecule has 0 amide bonds. The molecule has 1 N–H and O–H groups in total. The summed E-state index contributed by atoms with van der Waals surface area (Å²) in [4.78, 5) is 19.2. The molecule has 2 aromatic rings. The van der Waals surface area contributed by atoms with Crippen LogP contribution in [0.2, 0.25) is 0 Å². The molecule has 3 nitrogen and oxygen atoms in total. The maximum Gasteiger partial charge on any atom is 0.165 e. The summed E-state index contributed by atoms with van der Waals surface area (Å²) in [6, 6.07) is 1.89.